The topological polar surface area (TPSA) is 35.0 Å². The third kappa shape index (κ3) is 4.78. The van der Waals surface area contributed by atoms with Crippen molar-refractivity contribution in [2.75, 3.05) is 6.61 Å². The molecular formula is C10H16Cl2N2OSi. The third-order valence-electron chi connectivity index (χ3n) is 1.96. The van der Waals surface area contributed by atoms with Crippen LogP contribution in [0, 0.1) is 0 Å². The molecule has 16 heavy (non-hydrogen) atoms. The molecule has 0 N–H and O–H groups in total. The van der Waals surface area contributed by atoms with Gasteiger partial charge in [-0.2, -0.15) is 0 Å². The van der Waals surface area contributed by atoms with Crippen molar-refractivity contribution in [1.82, 2.24) is 9.97 Å². The van der Waals surface area contributed by atoms with Crippen LogP contribution in [-0.4, -0.2) is 24.9 Å². The highest BCUT2D eigenvalue weighted by molar-refractivity contribution is 6.69. The first-order valence-corrected chi connectivity index (χ1v) is 9.28. The predicted octanol–water partition coefficient (Wildman–Crippen LogP) is 3.74. The van der Waals surface area contributed by atoms with Crippen molar-refractivity contribution in [3.05, 3.63) is 22.2 Å². The summed E-state index contributed by atoms with van der Waals surface area (Å²) in [6.45, 7) is 9.13. The van der Waals surface area contributed by atoms with Gasteiger partial charge in [-0.25, -0.2) is 9.97 Å². The number of nitrogens with zero attached hydrogens (tertiary/aromatic N) is 2. The first-order chi connectivity index (χ1) is 7.28. The van der Waals surface area contributed by atoms with Gasteiger partial charge in [0.15, 0.2) is 8.32 Å². The summed E-state index contributed by atoms with van der Waals surface area (Å²) in [5.74, 6) is 0.171. The van der Waals surface area contributed by atoms with Gasteiger partial charge in [-0.1, -0.05) is 18.5 Å². The molecule has 0 radical (unpaired) electrons. The first-order valence-electron chi connectivity index (χ1n) is 5.12. The van der Waals surface area contributed by atoms with Crippen LogP contribution in [0.15, 0.2) is 6.07 Å². The third-order valence-corrected chi connectivity index (χ3v) is 3.35. The van der Waals surface area contributed by atoms with Crippen LogP contribution in [0.5, 0.6) is 0 Å². The average molecular weight is 279 g/mol. The Hall–Kier alpha value is -0.163. The Kier molecular flexibility index (Phi) is 4.73. The van der Waals surface area contributed by atoms with E-state index in [1.54, 1.807) is 6.07 Å². The van der Waals surface area contributed by atoms with Crippen molar-refractivity contribution in [3.63, 3.8) is 0 Å². The zero-order valence-corrected chi connectivity index (χ0v) is 12.4. The van der Waals surface area contributed by atoms with Crippen molar-refractivity contribution >= 4 is 31.5 Å². The van der Waals surface area contributed by atoms with Gasteiger partial charge in [0.05, 0.1) is 5.69 Å². The highest BCUT2D eigenvalue weighted by Gasteiger charge is 2.17. The van der Waals surface area contributed by atoms with Crippen molar-refractivity contribution in [2.24, 2.45) is 0 Å². The molecule has 0 saturated heterocycles. The minimum atomic E-state index is -1.49. The largest absolute Gasteiger partial charge is 0.417 e. The average Bonchev–Trinajstić information content (AvgIpc) is 2.11. The molecule has 1 aromatic heterocycles. The highest BCUT2D eigenvalue weighted by Crippen LogP contribution is 2.19. The van der Waals surface area contributed by atoms with Crippen LogP contribution >= 0.6 is 23.2 Å². The van der Waals surface area contributed by atoms with E-state index in [1.807, 2.05) is 6.92 Å². The van der Waals surface area contributed by atoms with Gasteiger partial charge < -0.3 is 4.43 Å². The molecule has 0 aliphatic heterocycles. The fraction of sp³-hybridized carbons (Fsp3) is 0.600. The summed E-state index contributed by atoms with van der Waals surface area (Å²) < 4.78 is 5.82. The molecular weight excluding hydrogens is 263 g/mol. The second-order valence-electron chi connectivity index (χ2n) is 4.71. The van der Waals surface area contributed by atoms with E-state index in [0.717, 1.165) is 5.69 Å². The highest BCUT2D eigenvalue weighted by atomic mass is 35.5. The molecule has 0 saturated carbocycles. The Labute approximate surface area is 107 Å². The molecule has 1 rings (SSSR count). The van der Waals surface area contributed by atoms with E-state index in [-0.39, 0.29) is 11.2 Å². The maximum absolute atomic E-state index is 5.82. The predicted molar refractivity (Wildman–Crippen MR) is 69.8 cm³/mol. The Morgan fingerprint density at radius 1 is 1.31 bits per heavy atom. The maximum Gasteiger partial charge on any atom is 0.224 e. The monoisotopic (exact) mass is 278 g/mol. The van der Waals surface area contributed by atoms with Gasteiger partial charge in [0.1, 0.15) is 5.15 Å². The number of rotatable bonds is 4. The number of hydrogen-bond donors (Lipinski definition) is 0. The molecule has 90 valence electrons. The van der Waals surface area contributed by atoms with Crippen LogP contribution in [-0.2, 0) is 4.43 Å². The molecule has 0 fully saturated rings. The zero-order chi connectivity index (χ0) is 12.3. The van der Waals surface area contributed by atoms with E-state index in [4.69, 9.17) is 27.6 Å². The normalized spacial score (nSPS) is 13.9. The lowest BCUT2D eigenvalue weighted by molar-refractivity contribution is 0.287. The van der Waals surface area contributed by atoms with Gasteiger partial charge in [-0.05, 0) is 37.3 Å². The van der Waals surface area contributed by atoms with Crippen molar-refractivity contribution in [3.8, 4) is 0 Å². The summed E-state index contributed by atoms with van der Waals surface area (Å²) in [6.07, 6.45) is 0. The molecule has 3 nitrogen and oxygen atoms in total. The summed E-state index contributed by atoms with van der Waals surface area (Å²) in [6, 6.07) is 1.73. The maximum atomic E-state index is 5.82. The second kappa shape index (κ2) is 5.45. The Morgan fingerprint density at radius 3 is 2.44 bits per heavy atom. The minimum Gasteiger partial charge on any atom is -0.417 e. The van der Waals surface area contributed by atoms with E-state index in [1.165, 1.54) is 0 Å². The standard InChI is InChI=1S/C10H16Cl2N2OSi/c1-7(6-15-16(2,3)4)8-5-9(11)14-10(12)13-8/h5,7H,6H2,1-4H3. The fourth-order valence-electron chi connectivity index (χ4n) is 1.12. The smallest absolute Gasteiger partial charge is 0.224 e. The van der Waals surface area contributed by atoms with Crippen LogP contribution in [0.4, 0.5) is 0 Å². The summed E-state index contributed by atoms with van der Waals surface area (Å²) in [4.78, 5) is 7.95. The van der Waals surface area contributed by atoms with Gasteiger partial charge >= 0.3 is 0 Å². The van der Waals surface area contributed by atoms with Gasteiger partial charge in [-0.3, -0.25) is 0 Å². The lowest BCUT2D eigenvalue weighted by Crippen LogP contribution is -2.27. The van der Waals surface area contributed by atoms with Crippen LogP contribution in [0.2, 0.25) is 30.1 Å². The molecule has 6 heteroatoms. The molecule has 1 atom stereocenters. The zero-order valence-electron chi connectivity index (χ0n) is 9.92. The molecule has 1 heterocycles. The summed E-state index contributed by atoms with van der Waals surface area (Å²) in [5.41, 5.74) is 0.822. The molecule has 0 spiro atoms. The number of hydrogen-bond acceptors (Lipinski definition) is 3. The van der Waals surface area contributed by atoms with E-state index in [2.05, 4.69) is 29.6 Å². The molecule has 0 amide bonds. The van der Waals surface area contributed by atoms with E-state index >= 15 is 0 Å². The van der Waals surface area contributed by atoms with E-state index < -0.39 is 8.32 Å². The lowest BCUT2D eigenvalue weighted by atomic mass is 10.1. The first kappa shape index (κ1) is 13.9. The molecule has 0 aliphatic carbocycles. The van der Waals surface area contributed by atoms with Gasteiger partial charge in [0.2, 0.25) is 5.28 Å². The molecule has 1 aromatic rings. The van der Waals surface area contributed by atoms with Crippen LogP contribution in [0.3, 0.4) is 0 Å². The lowest BCUT2D eigenvalue weighted by Gasteiger charge is -2.20. The number of halogens is 2. The Bertz CT molecular complexity index is 348. The molecule has 0 aromatic carbocycles. The number of aromatic nitrogens is 2. The summed E-state index contributed by atoms with van der Waals surface area (Å²) in [5, 5.41) is 0.553. The Morgan fingerprint density at radius 2 is 1.94 bits per heavy atom. The summed E-state index contributed by atoms with van der Waals surface area (Å²) >= 11 is 11.6. The molecule has 0 aliphatic rings. The van der Waals surface area contributed by atoms with Gasteiger partial charge in [0, 0.05) is 12.5 Å². The van der Waals surface area contributed by atoms with Gasteiger partial charge in [0.25, 0.3) is 0 Å². The minimum absolute atomic E-state index is 0.171. The molecule has 1 unspecified atom stereocenters. The molecule has 0 bridgehead atoms. The Balaban J connectivity index is 2.69. The summed E-state index contributed by atoms with van der Waals surface area (Å²) in [7, 11) is -1.49. The van der Waals surface area contributed by atoms with Crippen molar-refractivity contribution < 1.29 is 4.43 Å². The van der Waals surface area contributed by atoms with E-state index in [9.17, 15) is 0 Å². The van der Waals surface area contributed by atoms with E-state index in [0.29, 0.717) is 11.8 Å². The van der Waals surface area contributed by atoms with Gasteiger partial charge in [-0.15, -0.1) is 0 Å². The van der Waals surface area contributed by atoms with Crippen molar-refractivity contribution in [2.45, 2.75) is 32.5 Å². The van der Waals surface area contributed by atoms with Crippen LogP contribution in [0.1, 0.15) is 18.5 Å². The SMILES string of the molecule is CC(CO[Si](C)(C)C)c1cc(Cl)nc(Cl)n1. The second-order valence-corrected chi connectivity index (χ2v) is 9.95. The quantitative estimate of drug-likeness (QED) is 0.478. The van der Waals surface area contributed by atoms with Crippen molar-refractivity contribution in [1.29, 1.82) is 0 Å². The van der Waals surface area contributed by atoms with Crippen LogP contribution < -0.4 is 0 Å². The van der Waals surface area contributed by atoms with Crippen LogP contribution in [0.25, 0.3) is 0 Å². The fourth-order valence-corrected chi connectivity index (χ4v) is 2.29.